The predicted octanol–water partition coefficient (Wildman–Crippen LogP) is 3.28. The highest BCUT2D eigenvalue weighted by atomic mass is 16.6. The summed E-state index contributed by atoms with van der Waals surface area (Å²) in [5, 5.41) is 2.76. The molecule has 0 unspecified atom stereocenters. The molecule has 0 spiro atoms. The van der Waals surface area contributed by atoms with Crippen LogP contribution >= 0.6 is 0 Å². The van der Waals surface area contributed by atoms with Gasteiger partial charge in [0.05, 0.1) is 30.5 Å². The smallest absolute Gasteiger partial charge is 0.414 e. The van der Waals surface area contributed by atoms with Gasteiger partial charge >= 0.3 is 6.09 Å². The van der Waals surface area contributed by atoms with E-state index < -0.39 is 23.8 Å². The Morgan fingerprint density at radius 2 is 1.81 bits per heavy atom. The molecular formula is C23H17N3O6. The van der Waals surface area contributed by atoms with Gasteiger partial charge in [-0.15, -0.1) is 0 Å². The van der Waals surface area contributed by atoms with Gasteiger partial charge in [0, 0.05) is 16.9 Å². The number of hydrogen-bond acceptors (Lipinski definition) is 6. The minimum Gasteiger partial charge on any atom is -0.467 e. The van der Waals surface area contributed by atoms with Gasteiger partial charge in [-0.2, -0.15) is 0 Å². The third-order valence-corrected chi connectivity index (χ3v) is 5.30. The molecule has 1 aromatic heterocycles. The SMILES string of the molecule is O=C(Nc1cccc(N2CCOC2=O)c1)c1ccc2c(c1)C(=O)N(Cc1ccco1)C2=O. The summed E-state index contributed by atoms with van der Waals surface area (Å²) in [6, 6.07) is 14.6. The van der Waals surface area contributed by atoms with E-state index in [4.69, 9.17) is 9.15 Å². The first kappa shape index (κ1) is 19.6. The lowest BCUT2D eigenvalue weighted by atomic mass is 10.1. The maximum atomic E-state index is 12.8. The quantitative estimate of drug-likeness (QED) is 0.621. The lowest BCUT2D eigenvalue weighted by Gasteiger charge is -2.14. The third kappa shape index (κ3) is 3.39. The highest BCUT2D eigenvalue weighted by Crippen LogP contribution is 2.27. The highest BCUT2D eigenvalue weighted by molar-refractivity contribution is 6.22. The number of amides is 4. The van der Waals surface area contributed by atoms with Crippen LogP contribution in [0.25, 0.3) is 0 Å². The molecule has 0 aliphatic carbocycles. The molecule has 0 bridgehead atoms. The van der Waals surface area contributed by atoms with E-state index in [1.807, 2.05) is 0 Å². The van der Waals surface area contributed by atoms with Crippen LogP contribution in [0.3, 0.4) is 0 Å². The van der Waals surface area contributed by atoms with Gasteiger partial charge in [0.2, 0.25) is 0 Å². The van der Waals surface area contributed by atoms with Gasteiger partial charge in [-0.05, 0) is 48.5 Å². The number of rotatable bonds is 5. The highest BCUT2D eigenvalue weighted by Gasteiger charge is 2.36. The summed E-state index contributed by atoms with van der Waals surface area (Å²) in [6.07, 6.45) is 1.03. The normalized spacial score (nSPS) is 15.2. The number of benzene rings is 2. The first-order chi connectivity index (χ1) is 15.5. The fourth-order valence-electron chi connectivity index (χ4n) is 3.72. The number of carbonyl (C=O) groups excluding carboxylic acids is 4. The van der Waals surface area contributed by atoms with Gasteiger partial charge < -0.3 is 14.5 Å². The monoisotopic (exact) mass is 431 g/mol. The molecular weight excluding hydrogens is 414 g/mol. The van der Waals surface area contributed by atoms with Crippen molar-refractivity contribution in [3.8, 4) is 0 Å². The number of ether oxygens (including phenoxy) is 1. The molecule has 4 amide bonds. The minimum atomic E-state index is -0.481. The van der Waals surface area contributed by atoms with Crippen molar-refractivity contribution in [1.29, 1.82) is 0 Å². The lowest BCUT2D eigenvalue weighted by Crippen LogP contribution is -2.28. The van der Waals surface area contributed by atoms with Crippen LogP contribution in [0.1, 0.15) is 36.8 Å². The summed E-state index contributed by atoms with van der Waals surface area (Å²) in [5.74, 6) is -0.873. The Morgan fingerprint density at radius 1 is 0.969 bits per heavy atom. The molecule has 160 valence electrons. The van der Waals surface area contributed by atoms with Crippen molar-refractivity contribution in [2.24, 2.45) is 0 Å². The Hall–Kier alpha value is -4.40. The number of nitrogens with one attached hydrogen (secondary N) is 1. The van der Waals surface area contributed by atoms with E-state index in [1.165, 1.54) is 29.4 Å². The largest absolute Gasteiger partial charge is 0.467 e. The van der Waals surface area contributed by atoms with E-state index in [0.29, 0.717) is 30.3 Å². The molecule has 1 N–H and O–H groups in total. The predicted molar refractivity (Wildman–Crippen MR) is 112 cm³/mol. The average Bonchev–Trinajstić information content (AvgIpc) is 3.52. The minimum absolute atomic E-state index is 0.0204. The molecule has 2 aliphatic rings. The Balaban J connectivity index is 1.34. The van der Waals surface area contributed by atoms with Gasteiger partial charge in [-0.3, -0.25) is 24.2 Å². The fraction of sp³-hybridized carbons (Fsp3) is 0.130. The summed E-state index contributed by atoms with van der Waals surface area (Å²) >= 11 is 0. The molecule has 32 heavy (non-hydrogen) atoms. The second-order valence-corrected chi connectivity index (χ2v) is 7.31. The van der Waals surface area contributed by atoms with Gasteiger partial charge in [0.1, 0.15) is 12.4 Å². The molecule has 0 atom stereocenters. The summed E-state index contributed by atoms with van der Waals surface area (Å²) in [7, 11) is 0. The molecule has 3 heterocycles. The Kier molecular flexibility index (Phi) is 4.70. The Labute approximate surface area is 182 Å². The van der Waals surface area contributed by atoms with E-state index >= 15 is 0 Å². The van der Waals surface area contributed by atoms with Crippen molar-refractivity contribution in [2.45, 2.75) is 6.54 Å². The molecule has 3 aromatic rings. The van der Waals surface area contributed by atoms with E-state index in [2.05, 4.69) is 5.32 Å². The Bertz CT molecular complexity index is 1250. The molecule has 1 saturated heterocycles. The molecule has 1 fully saturated rings. The van der Waals surface area contributed by atoms with Crippen LogP contribution in [0.2, 0.25) is 0 Å². The number of hydrogen-bond donors (Lipinski definition) is 1. The third-order valence-electron chi connectivity index (χ3n) is 5.30. The summed E-state index contributed by atoms with van der Waals surface area (Å²) < 4.78 is 10.2. The summed E-state index contributed by atoms with van der Waals surface area (Å²) in [5.41, 5.74) is 1.73. The van der Waals surface area contributed by atoms with Crippen LogP contribution in [0.5, 0.6) is 0 Å². The van der Waals surface area contributed by atoms with E-state index in [0.717, 1.165) is 4.90 Å². The van der Waals surface area contributed by atoms with E-state index in [1.54, 1.807) is 36.4 Å². The van der Waals surface area contributed by atoms with Crippen molar-refractivity contribution >= 4 is 35.2 Å². The molecule has 5 rings (SSSR count). The van der Waals surface area contributed by atoms with Crippen molar-refractivity contribution < 1.29 is 28.3 Å². The fourth-order valence-corrected chi connectivity index (χ4v) is 3.72. The molecule has 2 aromatic carbocycles. The van der Waals surface area contributed by atoms with Crippen LogP contribution in [-0.4, -0.2) is 41.9 Å². The number of anilines is 2. The van der Waals surface area contributed by atoms with Crippen molar-refractivity contribution in [3.05, 3.63) is 83.3 Å². The van der Waals surface area contributed by atoms with Crippen molar-refractivity contribution in [1.82, 2.24) is 4.90 Å². The average molecular weight is 431 g/mol. The standard InChI is InChI=1S/C23H17N3O6/c27-20(24-15-3-1-4-16(12-15)25-8-10-32-23(25)30)14-6-7-18-19(11-14)22(29)26(21(18)28)13-17-5-2-9-31-17/h1-7,9,11-12H,8,10,13H2,(H,24,27). The second kappa shape index (κ2) is 7.69. The maximum absolute atomic E-state index is 12.8. The van der Waals surface area contributed by atoms with Crippen molar-refractivity contribution in [2.75, 3.05) is 23.4 Å². The molecule has 9 nitrogen and oxygen atoms in total. The summed E-state index contributed by atoms with van der Waals surface area (Å²) in [4.78, 5) is 52.5. The summed E-state index contributed by atoms with van der Waals surface area (Å²) in [6.45, 7) is 0.770. The number of fused-ring (bicyclic) bond motifs is 1. The number of nitrogens with zero attached hydrogens (tertiary/aromatic N) is 2. The zero-order valence-electron chi connectivity index (χ0n) is 16.7. The molecule has 0 saturated carbocycles. The number of imide groups is 1. The van der Waals surface area contributed by atoms with Crippen LogP contribution in [0, 0.1) is 0 Å². The second-order valence-electron chi connectivity index (χ2n) is 7.31. The molecule has 9 heteroatoms. The zero-order valence-corrected chi connectivity index (χ0v) is 16.7. The molecule has 0 radical (unpaired) electrons. The van der Waals surface area contributed by atoms with Gasteiger partial charge in [-0.25, -0.2) is 4.79 Å². The number of cyclic esters (lactones) is 1. The maximum Gasteiger partial charge on any atom is 0.414 e. The van der Waals surface area contributed by atoms with E-state index in [-0.39, 0.29) is 23.2 Å². The number of furan rings is 1. The van der Waals surface area contributed by atoms with Crippen LogP contribution in [0.4, 0.5) is 16.2 Å². The van der Waals surface area contributed by atoms with Gasteiger partial charge in [-0.1, -0.05) is 6.07 Å². The molecule has 2 aliphatic heterocycles. The van der Waals surface area contributed by atoms with E-state index in [9.17, 15) is 19.2 Å². The van der Waals surface area contributed by atoms with Gasteiger partial charge in [0.15, 0.2) is 0 Å². The van der Waals surface area contributed by atoms with Crippen LogP contribution in [-0.2, 0) is 11.3 Å². The Morgan fingerprint density at radius 3 is 2.56 bits per heavy atom. The first-order valence-electron chi connectivity index (χ1n) is 9.89. The number of carbonyl (C=O) groups is 4. The van der Waals surface area contributed by atoms with Gasteiger partial charge in [0.25, 0.3) is 17.7 Å². The van der Waals surface area contributed by atoms with Crippen LogP contribution < -0.4 is 10.2 Å². The lowest BCUT2D eigenvalue weighted by molar-refractivity contribution is 0.0631. The topological polar surface area (TPSA) is 109 Å². The van der Waals surface area contributed by atoms with Crippen LogP contribution in [0.15, 0.2) is 65.3 Å². The first-order valence-corrected chi connectivity index (χ1v) is 9.89. The van der Waals surface area contributed by atoms with Crippen molar-refractivity contribution in [3.63, 3.8) is 0 Å². The zero-order chi connectivity index (χ0) is 22.2.